The van der Waals surface area contributed by atoms with Gasteiger partial charge in [-0.3, -0.25) is 4.79 Å². The SMILES string of the molecule is CC1CC(C(=O)Nc2ccccc2C(C)N)CO1. The number of hydrogen-bond donors (Lipinski definition) is 2. The summed E-state index contributed by atoms with van der Waals surface area (Å²) in [7, 11) is 0. The van der Waals surface area contributed by atoms with Gasteiger partial charge in [-0.15, -0.1) is 0 Å². The van der Waals surface area contributed by atoms with Crippen molar-refractivity contribution in [3.05, 3.63) is 29.8 Å². The van der Waals surface area contributed by atoms with Crippen molar-refractivity contribution in [2.75, 3.05) is 11.9 Å². The predicted octanol–water partition coefficient (Wildman–Crippen LogP) is 2.07. The van der Waals surface area contributed by atoms with Crippen LogP contribution in [0.25, 0.3) is 0 Å². The van der Waals surface area contributed by atoms with Crippen LogP contribution in [0, 0.1) is 5.92 Å². The molecule has 0 aromatic heterocycles. The maximum Gasteiger partial charge on any atom is 0.229 e. The molecular formula is C14H20N2O2. The Bertz CT molecular complexity index is 432. The minimum atomic E-state index is -0.0970. The fraction of sp³-hybridized carbons (Fsp3) is 0.500. The second-order valence-corrected chi connectivity index (χ2v) is 4.94. The Hall–Kier alpha value is -1.39. The Morgan fingerprint density at radius 2 is 2.22 bits per heavy atom. The van der Waals surface area contributed by atoms with E-state index in [1.54, 1.807) is 0 Å². The number of carbonyl (C=O) groups is 1. The molecule has 4 nitrogen and oxygen atoms in total. The first-order valence-electron chi connectivity index (χ1n) is 6.35. The summed E-state index contributed by atoms with van der Waals surface area (Å²) < 4.78 is 5.42. The van der Waals surface area contributed by atoms with E-state index in [2.05, 4.69) is 5.32 Å². The quantitative estimate of drug-likeness (QED) is 0.860. The zero-order valence-corrected chi connectivity index (χ0v) is 10.8. The Morgan fingerprint density at radius 3 is 2.83 bits per heavy atom. The average molecular weight is 248 g/mol. The highest BCUT2D eigenvalue weighted by Crippen LogP contribution is 2.24. The van der Waals surface area contributed by atoms with Crippen LogP contribution in [0.1, 0.15) is 31.9 Å². The number of nitrogens with two attached hydrogens (primary N) is 1. The van der Waals surface area contributed by atoms with Crippen molar-refractivity contribution >= 4 is 11.6 Å². The first kappa shape index (κ1) is 13.1. The first-order valence-corrected chi connectivity index (χ1v) is 6.35. The summed E-state index contributed by atoms with van der Waals surface area (Å²) >= 11 is 0. The summed E-state index contributed by atoms with van der Waals surface area (Å²) in [5, 5.41) is 2.96. The topological polar surface area (TPSA) is 64.4 Å². The number of carbonyl (C=O) groups excluding carboxylic acids is 1. The molecule has 98 valence electrons. The molecule has 4 heteroatoms. The third-order valence-electron chi connectivity index (χ3n) is 3.28. The van der Waals surface area contributed by atoms with Gasteiger partial charge < -0.3 is 15.8 Å². The van der Waals surface area contributed by atoms with Crippen LogP contribution < -0.4 is 11.1 Å². The average Bonchev–Trinajstić information content (AvgIpc) is 2.76. The molecule has 0 saturated carbocycles. The number of hydrogen-bond acceptors (Lipinski definition) is 3. The minimum absolute atomic E-state index is 0.0208. The molecule has 1 aromatic rings. The second kappa shape index (κ2) is 5.50. The Morgan fingerprint density at radius 1 is 1.50 bits per heavy atom. The first-order chi connectivity index (χ1) is 8.58. The molecule has 3 atom stereocenters. The normalized spacial score (nSPS) is 24.8. The van der Waals surface area contributed by atoms with Crippen molar-refractivity contribution in [3.8, 4) is 0 Å². The Labute approximate surface area is 108 Å². The Kier molecular flexibility index (Phi) is 3.99. The zero-order valence-electron chi connectivity index (χ0n) is 10.8. The fourth-order valence-corrected chi connectivity index (χ4v) is 2.24. The van der Waals surface area contributed by atoms with Crippen LogP contribution in [0.2, 0.25) is 0 Å². The monoisotopic (exact) mass is 248 g/mol. The van der Waals surface area contributed by atoms with Crippen molar-refractivity contribution in [1.29, 1.82) is 0 Å². The van der Waals surface area contributed by atoms with Crippen molar-refractivity contribution in [2.24, 2.45) is 11.7 Å². The van der Waals surface area contributed by atoms with Gasteiger partial charge >= 0.3 is 0 Å². The fourth-order valence-electron chi connectivity index (χ4n) is 2.24. The van der Waals surface area contributed by atoms with Gasteiger partial charge in [0.25, 0.3) is 0 Å². The lowest BCUT2D eigenvalue weighted by Crippen LogP contribution is -2.24. The molecule has 0 spiro atoms. The molecule has 1 heterocycles. The predicted molar refractivity (Wildman–Crippen MR) is 71.2 cm³/mol. The Balaban J connectivity index is 2.07. The van der Waals surface area contributed by atoms with Crippen LogP contribution in [-0.2, 0) is 9.53 Å². The van der Waals surface area contributed by atoms with Crippen molar-refractivity contribution < 1.29 is 9.53 Å². The maximum atomic E-state index is 12.1. The summed E-state index contributed by atoms with van der Waals surface area (Å²) in [6.45, 7) is 4.41. The summed E-state index contributed by atoms with van der Waals surface area (Å²) in [4.78, 5) is 12.1. The number of nitrogens with one attached hydrogen (secondary N) is 1. The highest BCUT2D eigenvalue weighted by atomic mass is 16.5. The molecule has 1 saturated heterocycles. The van der Waals surface area contributed by atoms with Crippen molar-refractivity contribution in [1.82, 2.24) is 0 Å². The van der Waals surface area contributed by atoms with Gasteiger partial charge in [0.2, 0.25) is 5.91 Å². The molecule has 1 aromatic carbocycles. The van der Waals surface area contributed by atoms with Crippen molar-refractivity contribution in [3.63, 3.8) is 0 Å². The molecular weight excluding hydrogens is 228 g/mol. The summed E-state index contributed by atoms with van der Waals surface area (Å²) in [5.74, 6) is -0.0337. The number of amides is 1. The van der Waals surface area contributed by atoms with Crippen LogP contribution in [0.15, 0.2) is 24.3 Å². The summed E-state index contributed by atoms with van der Waals surface area (Å²) in [6.07, 6.45) is 0.955. The van der Waals surface area contributed by atoms with E-state index in [0.717, 1.165) is 17.7 Å². The summed E-state index contributed by atoms with van der Waals surface area (Å²) in [6, 6.07) is 7.55. The molecule has 1 fully saturated rings. The molecule has 1 aliphatic rings. The molecule has 1 aliphatic heterocycles. The highest BCUT2D eigenvalue weighted by Gasteiger charge is 2.28. The largest absolute Gasteiger partial charge is 0.378 e. The van der Waals surface area contributed by atoms with Gasteiger partial charge in [0.15, 0.2) is 0 Å². The summed E-state index contributed by atoms with van der Waals surface area (Å²) in [5.41, 5.74) is 7.65. The number of rotatable bonds is 3. The van der Waals surface area contributed by atoms with Crippen LogP contribution in [0.3, 0.4) is 0 Å². The standard InChI is InChI=1S/C14H20N2O2/c1-9-7-11(8-18-9)14(17)16-13-6-4-3-5-12(13)10(2)15/h3-6,9-11H,7-8,15H2,1-2H3,(H,16,17). The van der Waals surface area contributed by atoms with Crippen molar-refractivity contribution in [2.45, 2.75) is 32.4 Å². The van der Waals surface area contributed by atoms with Crippen LogP contribution in [0.4, 0.5) is 5.69 Å². The number of anilines is 1. The molecule has 0 radical (unpaired) electrons. The van der Waals surface area contributed by atoms with Gasteiger partial charge in [0.05, 0.1) is 18.6 Å². The smallest absolute Gasteiger partial charge is 0.229 e. The van der Waals surface area contributed by atoms with E-state index in [1.165, 1.54) is 0 Å². The molecule has 0 aliphatic carbocycles. The van der Waals surface area contributed by atoms with Crippen LogP contribution in [0.5, 0.6) is 0 Å². The van der Waals surface area contributed by atoms with E-state index in [9.17, 15) is 4.79 Å². The third-order valence-corrected chi connectivity index (χ3v) is 3.28. The lowest BCUT2D eigenvalue weighted by atomic mass is 10.0. The molecule has 3 unspecified atom stereocenters. The second-order valence-electron chi connectivity index (χ2n) is 4.94. The molecule has 2 rings (SSSR count). The molecule has 1 amide bonds. The van der Waals surface area contributed by atoms with Gasteiger partial charge in [0, 0.05) is 11.7 Å². The van der Waals surface area contributed by atoms with Gasteiger partial charge in [-0.25, -0.2) is 0 Å². The van der Waals surface area contributed by atoms with Crippen LogP contribution in [-0.4, -0.2) is 18.6 Å². The lowest BCUT2D eigenvalue weighted by Gasteiger charge is -2.15. The minimum Gasteiger partial charge on any atom is -0.378 e. The number of benzene rings is 1. The molecule has 18 heavy (non-hydrogen) atoms. The third kappa shape index (κ3) is 2.89. The van der Waals surface area contributed by atoms with E-state index < -0.39 is 0 Å². The van der Waals surface area contributed by atoms with Gasteiger partial charge in [-0.05, 0) is 31.9 Å². The maximum absolute atomic E-state index is 12.1. The highest BCUT2D eigenvalue weighted by molar-refractivity contribution is 5.93. The van der Waals surface area contributed by atoms with Gasteiger partial charge in [-0.1, -0.05) is 18.2 Å². The van der Waals surface area contributed by atoms with Gasteiger partial charge in [0.1, 0.15) is 0 Å². The number of para-hydroxylation sites is 1. The van der Waals surface area contributed by atoms with Gasteiger partial charge in [-0.2, -0.15) is 0 Å². The van der Waals surface area contributed by atoms with E-state index >= 15 is 0 Å². The molecule has 3 N–H and O–H groups in total. The zero-order chi connectivity index (χ0) is 13.1. The van der Waals surface area contributed by atoms with E-state index in [4.69, 9.17) is 10.5 Å². The molecule has 0 bridgehead atoms. The van der Waals surface area contributed by atoms with E-state index in [0.29, 0.717) is 6.61 Å². The number of ether oxygens (including phenoxy) is 1. The van der Waals surface area contributed by atoms with E-state index in [-0.39, 0.29) is 24.0 Å². The van der Waals surface area contributed by atoms with E-state index in [1.807, 2.05) is 38.1 Å². The lowest BCUT2D eigenvalue weighted by molar-refractivity contribution is -0.119. The van der Waals surface area contributed by atoms with Crippen LogP contribution >= 0.6 is 0 Å².